The van der Waals surface area contributed by atoms with Gasteiger partial charge in [-0.15, -0.1) is 11.3 Å². The van der Waals surface area contributed by atoms with Crippen LogP contribution in [-0.2, 0) is 24.8 Å². The molecule has 0 amide bonds. The average molecular weight is 425 g/mol. The molecule has 4 aromatic rings. The van der Waals surface area contributed by atoms with Gasteiger partial charge in [0.2, 0.25) is 0 Å². The van der Waals surface area contributed by atoms with E-state index in [9.17, 15) is 0 Å². The average Bonchev–Trinajstić information content (AvgIpc) is 3.46. The van der Waals surface area contributed by atoms with Crippen LogP contribution in [0.4, 0.5) is 11.6 Å². The molecule has 156 valence electrons. The van der Waals surface area contributed by atoms with Gasteiger partial charge >= 0.3 is 0 Å². The highest BCUT2D eigenvalue weighted by molar-refractivity contribution is 7.09. The van der Waals surface area contributed by atoms with Crippen molar-refractivity contribution in [2.45, 2.75) is 19.9 Å². The molecule has 0 saturated carbocycles. The Morgan fingerprint density at radius 2 is 2.07 bits per heavy atom. The summed E-state index contributed by atoms with van der Waals surface area (Å²) in [5, 5.41) is 11.3. The topological polar surface area (TPSA) is 85.4 Å². The number of rotatable bonds is 6. The summed E-state index contributed by atoms with van der Waals surface area (Å²) in [5.74, 6) is 1.54. The lowest BCUT2D eigenvalue weighted by molar-refractivity contribution is 0.0334. The molecule has 0 aromatic carbocycles. The number of nitrogens with zero attached hydrogens (tertiary/aromatic N) is 7. The fraction of sp³-hybridized carbons (Fsp3) is 0.400. The second-order valence-electron chi connectivity index (χ2n) is 7.47. The van der Waals surface area contributed by atoms with Crippen LogP contribution in [0.15, 0.2) is 30.2 Å². The molecule has 5 rings (SSSR count). The van der Waals surface area contributed by atoms with E-state index < -0.39 is 0 Å². The Morgan fingerprint density at radius 3 is 2.80 bits per heavy atom. The smallest absolute Gasteiger partial charge is 0.161 e. The van der Waals surface area contributed by atoms with Crippen molar-refractivity contribution in [3.05, 3.63) is 52.1 Å². The molecule has 4 aromatic heterocycles. The third-order valence-electron chi connectivity index (χ3n) is 5.22. The molecule has 9 nitrogen and oxygen atoms in total. The van der Waals surface area contributed by atoms with Gasteiger partial charge in [0.1, 0.15) is 11.6 Å². The van der Waals surface area contributed by atoms with Crippen molar-refractivity contribution in [2.24, 2.45) is 7.05 Å². The second-order valence-corrected chi connectivity index (χ2v) is 8.45. The van der Waals surface area contributed by atoms with Crippen LogP contribution in [0.25, 0.3) is 5.65 Å². The fourth-order valence-electron chi connectivity index (χ4n) is 3.70. The molecule has 1 aliphatic heterocycles. The molecule has 0 atom stereocenters. The molecule has 5 heterocycles. The number of thiazole rings is 1. The SMILES string of the molecule is Cc1nn2c(CN3CCOCC3)cc(Nc3cn(C)cn3)nc2c1Cc1nccs1. The van der Waals surface area contributed by atoms with Crippen molar-refractivity contribution in [2.75, 3.05) is 31.6 Å². The van der Waals surface area contributed by atoms with Crippen molar-refractivity contribution in [3.8, 4) is 0 Å². The van der Waals surface area contributed by atoms with Crippen LogP contribution in [0.1, 0.15) is 22.0 Å². The zero-order valence-electron chi connectivity index (χ0n) is 17.1. The maximum absolute atomic E-state index is 5.51. The van der Waals surface area contributed by atoms with Crippen LogP contribution in [0.5, 0.6) is 0 Å². The fourth-order valence-corrected chi connectivity index (χ4v) is 4.33. The minimum Gasteiger partial charge on any atom is -0.379 e. The van der Waals surface area contributed by atoms with E-state index in [0.717, 1.165) is 78.5 Å². The van der Waals surface area contributed by atoms with Crippen LogP contribution in [0, 0.1) is 6.92 Å². The maximum Gasteiger partial charge on any atom is 0.161 e. The molecular formula is C20H24N8OS. The van der Waals surface area contributed by atoms with E-state index in [-0.39, 0.29) is 0 Å². The second kappa shape index (κ2) is 8.13. The first-order valence-electron chi connectivity index (χ1n) is 9.97. The van der Waals surface area contributed by atoms with Gasteiger partial charge in [-0.05, 0) is 6.92 Å². The normalized spacial score (nSPS) is 15.1. The molecule has 0 bridgehead atoms. The van der Waals surface area contributed by atoms with E-state index in [1.165, 1.54) is 0 Å². The molecular weight excluding hydrogens is 400 g/mol. The molecule has 30 heavy (non-hydrogen) atoms. The van der Waals surface area contributed by atoms with Crippen LogP contribution < -0.4 is 5.32 Å². The highest BCUT2D eigenvalue weighted by Gasteiger charge is 2.19. The van der Waals surface area contributed by atoms with Gasteiger partial charge in [-0.3, -0.25) is 4.90 Å². The van der Waals surface area contributed by atoms with E-state index in [1.54, 1.807) is 17.7 Å². The number of fused-ring (bicyclic) bond motifs is 1. The lowest BCUT2D eigenvalue weighted by Gasteiger charge is -2.26. The quantitative estimate of drug-likeness (QED) is 0.509. The van der Waals surface area contributed by atoms with Crippen LogP contribution in [-0.4, -0.2) is 60.3 Å². The number of anilines is 2. The summed E-state index contributed by atoms with van der Waals surface area (Å²) >= 11 is 1.65. The van der Waals surface area contributed by atoms with Gasteiger partial charge in [0.05, 0.1) is 35.9 Å². The Bertz CT molecular complexity index is 1140. The summed E-state index contributed by atoms with van der Waals surface area (Å²) in [5.41, 5.74) is 4.05. The monoisotopic (exact) mass is 424 g/mol. The van der Waals surface area contributed by atoms with Crippen LogP contribution in [0.3, 0.4) is 0 Å². The number of imidazole rings is 1. The molecule has 1 aliphatic rings. The Morgan fingerprint density at radius 1 is 1.20 bits per heavy atom. The number of hydrogen-bond donors (Lipinski definition) is 1. The Balaban J connectivity index is 1.56. The molecule has 1 N–H and O–H groups in total. The van der Waals surface area contributed by atoms with E-state index in [4.69, 9.17) is 14.8 Å². The zero-order valence-corrected chi connectivity index (χ0v) is 17.9. The lowest BCUT2D eigenvalue weighted by Crippen LogP contribution is -2.36. The molecule has 0 unspecified atom stereocenters. The van der Waals surface area contributed by atoms with Gasteiger partial charge < -0.3 is 14.6 Å². The maximum atomic E-state index is 5.51. The number of aromatic nitrogens is 6. The summed E-state index contributed by atoms with van der Waals surface area (Å²) < 4.78 is 9.40. The Kier molecular flexibility index (Phi) is 5.19. The van der Waals surface area contributed by atoms with Crippen molar-refractivity contribution >= 4 is 28.6 Å². The largest absolute Gasteiger partial charge is 0.379 e. The first-order chi connectivity index (χ1) is 14.7. The highest BCUT2D eigenvalue weighted by atomic mass is 32.1. The molecule has 10 heteroatoms. The number of ether oxygens (including phenoxy) is 1. The van der Waals surface area contributed by atoms with E-state index in [0.29, 0.717) is 0 Å². The van der Waals surface area contributed by atoms with Gasteiger partial charge in [0.15, 0.2) is 5.65 Å². The number of aryl methyl sites for hydroxylation is 2. The summed E-state index contributed by atoms with van der Waals surface area (Å²) in [6.07, 6.45) is 6.27. The Hall–Kier alpha value is -2.82. The van der Waals surface area contributed by atoms with Crippen molar-refractivity contribution < 1.29 is 4.74 Å². The summed E-state index contributed by atoms with van der Waals surface area (Å²) in [6.45, 7) is 6.19. The summed E-state index contributed by atoms with van der Waals surface area (Å²) in [4.78, 5) is 16.1. The van der Waals surface area contributed by atoms with Gasteiger partial charge in [0.25, 0.3) is 0 Å². The first kappa shape index (κ1) is 19.2. The predicted molar refractivity (Wildman–Crippen MR) is 115 cm³/mol. The number of hydrogen-bond acceptors (Lipinski definition) is 8. The third-order valence-corrected chi connectivity index (χ3v) is 6.00. The molecule has 0 spiro atoms. The first-order valence-corrected chi connectivity index (χ1v) is 10.9. The summed E-state index contributed by atoms with van der Waals surface area (Å²) in [6, 6.07) is 2.07. The van der Waals surface area contributed by atoms with Gasteiger partial charge in [-0.2, -0.15) is 5.10 Å². The third kappa shape index (κ3) is 3.93. The standard InChI is InChI=1S/C20H24N8OS/c1-14-16(10-19-21-3-8-30-19)20-24-17(23-18-12-26(2)13-22-18)9-15(28(20)25-14)11-27-4-6-29-7-5-27/h3,8-9,12-13H,4-7,10-11H2,1-2H3,(H,23,24). The number of morpholine rings is 1. The summed E-state index contributed by atoms with van der Waals surface area (Å²) in [7, 11) is 1.95. The molecule has 1 saturated heterocycles. The minimum absolute atomic E-state index is 0.726. The van der Waals surface area contributed by atoms with Crippen molar-refractivity contribution in [3.63, 3.8) is 0 Å². The van der Waals surface area contributed by atoms with E-state index >= 15 is 0 Å². The van der Waals surface area contributed by atoms with Gasteiger partial charge in [-0.1, -0.05) is 0 Å². The highest BCUT2D eigenvalue weighted by Crippen LogP contribution is 2.24. The molecule has 0 radical (unpaired) electrons. The Labute approximate surface area is 178 Å². The molecule has 1 fully saturated rings. The van der Waals surface area contributed by atoms with E-state index in [2.05, 4.69) is 26.3 Å². The van der Waals surface area contributed by atoms with Gasteiger partial charge in [-0.25, -0.2) is 19.5 Å². The lowest BCUT2D eigenvalue weighted by atomic mass is 10.2. The van der Waals surface area contributed by atoms with Crippen LogP contribution >= 0.6 is 11.3 Å². The number of nitrogens with one attached hydrogen (secondary N) is 1. The van der Waals surface area contributed by atoms with E-state index in [1.807, 2.05) is 40.8 Å². The predicted octanol–water partition coefficient (Wildman–Crippen LogP) is 2.39. The minimum atomic E-state index is 0.726. The van der Waals surface area contributed by atoms with Crippen molar-refractivity contribution in [1.29, 1.82) is 0 Å². The molecule has 0 aliphatic carbocycles. The zero-order chi connectivity index (χ0) is 20.5. The van der Waals surface area contributed by atoms with Gasteiger partial charge in [0, 0.05) is 62.5 Å². The van der Waals surface area contributed by atoms with Crippen molar-refractivity contribution in [1.82, 2.24) is 34.0 Å². The van der Waals surface area contributed by atoms with Crippen LogP contribution in [0.2, 0.25) is 0 Å².